The summed E-state index contributed by atoms with van der Waals surface area (Å²) in [7, 11) is 0. The zero-order valence-corrected chi connectivity index (χ0v) is 24.3. The number of hydrogen-bond acceptors (Lipinski definition) is 4. The predicted octanol–water partition coefficient (Wildman–Crippen LogP) is 7.25. The third-order valence-electron chi connectivity index (χ3n) is 7.58. The van der Waals surface area contributed by atoms with Crippen LogP contribution in [0.1, 0.15) is 42.0 Å². The Balaban J connectivity index is 1.37. The van der Waals surface area contributed by atoms with Gasteiger partial charge in [-0.25, -0.2) is 5.01 Å². The van der Waals surface area contributed by atoms with E-state index in [9.17, 15) is 14.4 Å². The second-order valence-electron chi connectivity index (χ2n) is 10.6. The Hall–Kier alpha value is -5.01. The minimum atomic E-state index is -0.429. The number of aryl methyl sites for hydroxylation is 1. The lowest BCUT2D eigenvalue weighted by molar-refractivity contribution is -0.134. The van der Waals surface area contributed by atoms with Gasteiger partial charge in [0.15, 0.2) is 0 Å². The van der Waals surface area contributed by atoms with Gasteiger partial charge < -0.3 is 10.3 Å². The number of hydrazone groups is 1. The van der Waals surface area contributed by atoms with Crippen LogP contribution in [0.5, 0.6) is 0 Å². The van der Waals surface area contributed by atoms with Crippen molar-refractivity contribution in [1.82, 2.24) is 9.99 Å². The van der Waals surface area contributed by atoms with Crippen molar-refractivity contribution in [1.29, 1.82) is 0 Å². The van der Waals surface area contributed by atoms with E-state index < -0.39 is 6.04 Å². The first kappa shape index (κ1) is 28.1. The SMILES string of the molecule is Cc1ccc(NC(=O)CCC(=O)N2N=C(c3c(-c4ccccc4)c4cc(Cl)ccc4[nH]c3=O)C[C@@H]2c2ccccc2)cc1. The minimum absolute atomic E-state index is 0.000104. The van der Waals surface area contributed by atoms with Gasteiger partial charge in [-0.3, -0.25) is 14.4 Å². The second kappa shape index (κ2) is 12.1. The molecule has 0 aliphatic carbocycles. The zero-order chi connectivity index (χ0) is 29.9. The van der Waals surface area contributed by atoms with Gasteiger partial charge >= 0.3 is 0 Å². The average Bonchev–Trinajstić information content (AvgIpc) is 3.47. The molecule has 0 saturated carbocycles. The Kier molecular flexibility index (Phi) is 7.90. The second-order valence-corrected chi connectivity index (χ2v) is 11.0. The molecule has 7 nitrogen and oxygen atoms in total. The van der Waals surface area contributed by atoms with E-state index in [-0.39, 0.29) is 30.2 Å². The first-order valence-corrected chi connectivity index (χ1v) is 14.5. The van der Waals surface area contributed by atoms with Gasteiger partial charge in [0, 0.05) is 46.4 Å². The van der Waals surface area contributed by atoms with E-state index in [2.05, 4.69) is 10.3 Å². The highest BCUT2D eigenvalue weighted by Gasteiger charge is 2.35. The standard InChI is InChI=1S/C35H29ClN4O3/c1-22-12-15-26(16-13-22)37-31(41)18-19-32(42)40-30(23-8-4-2-5-9-23)21-29(39-40)34-33(24-10-6-3-7-11-24)27-20-25(36)14-17-28(27)38-35(34)43/h2-17,20,30H,18-19,21H2,1H3,(H,37,41)(H,38,43)/t30-/m1/s1. The van der Waals surface area contributed by atoms with E-state index in [1.54, 1.807) is 12.1 Å². The summed E-state index contributed by atoms with van der Waals surface area (Å²) in [6, 6.07) is 31.7. The Morgan fingerprint density at radius 2 is 1.60 bits per heavy atom. The highest BCUT2D eigenvalue weighted by Crippen LogP contribution is 2.37. The fourth-order valence-electron chi connectivity index (χ4n) is 5.47. The zero-order valence-electron chi connectivity index (χ0n) is 23.5. The fourth-order valence-corrected chi connectivity index (χ4v) is 5.64. The number of carbonyl (C=O) groups excluding carboxylic acids is 2. The fraction of sp³-hybridized carbons (Fsp3) is 0.143. The number of pyridine rings is 1. The first-order valence-electron chi connectivity index (χ1n) is 14.1. The molecule has 2 amide bonds. The normalized spacial score (nSPS) is 14.5. The van der Waals surface area contributed by atoms with Crippen LogP contribution in [0.2, 0.25) is 5.02 Å². The summed E-state index contributed by atoms with van der Waals surface area (Å²) < 4.78 is 0. The van der Waals surface area contributed by atoms with Crippen LogP contribution in [0.3, 0.4) is 0 Å². The van der Waals surface area contributed by atoms with Crippen LogP contribution >= 0.6 is 11.6 Å². The Labute approximate surface area is 253 Å². The number of fused-ring (bicyclic) bond motifs is 1. The Morgan fingerprint density at radius 3 is 2.33 bits per heavy atom. The molecule has 5 aromatic rings. The maximum atomic E-state index is 13.7. The molecule has 1 aliphatic rings. The monoisotopic (exact) mass is 588 g/mol. The smallest absolute Gasteiger partial charge is 0.258 e. The highest BCUT2D eigenvalue weighted by atomic mass is 35.5. The van der Waals surface area contributed by atoms with Crippen LogP contribution in [0.25, 0.3) is 22.0 Å². The van der Waals surface area contributed by atoms with Crippen LogP contribution in [-0.4, -0.2) is 27.5 Å². The molecule has 0 radical (unpaired) electrons. The number of carbonyl (C=O) groups is 2. The van der Waals surface area contributed by atoms with Gasteiger partial charge in [0.25, 0.3) is 5.56 Å². The van der Waals surface area contributed by atoms with Crippen LogP contribution in [0.15, 0.2) is 113 Å². The molecule has 0 fully saturated rings. The number of rotatable bonds is 7. The highest BCUT2D eigenvalue weighted by molar-refractivity contribution is 6.31. The summed E-state index contributed by atoms with van der Waals surface area (Å²) in [5, 5.41) is 10.4. The number of aromatic nitrogens is 1. The summed E-state index contributed by atoms with van der Waals surface area (Å²) in [4.78, 5) is 43.0. The van der Waals surface area contributed by atoms with Crippen LogP contribution in [0.4, 0.5) is 5.69 Å². The van der Waals surface area contributed by atoms with Crippen LogP contribution in [0, 0.1) is 6.92 Å². The number of halogens is 1. The molecule has 4 aromatic carbocycles. The van der Waals surface area contributed by atoms with Crippen molar-refractivity contribution in [3.8, 4) is 11.1 Å². The number of aromatic amines is 1. The maximum Gasteiger partial charge on any atom is 0.258 e. The van der Waals surface area contributed by atoms with Crippen molar-refractivity contribution in [2.45, 2.75) is 32.2 Å². The van der Waals surface area contributed by atoms with Crippen LogP contribution < -0.4 is 10.9 Å². The Bertz CT molecular complexity index is 1900. The maximum absolute atomic E-state index is 13.7. The van der Waals surface area contributed by atoms with E-state index in [0.717, 1.165) is 22.1 Å². The van der Waals surface area contributed by atoms with Gasteiger partial charge in [-0.05, 0) is 48.4 Å². The van der Waals surface area contributed by atoms with Crippen molar-refractivity contribution >= 4 is 45.7 Å². The molecular weight excluding hydrogens is 560 g/mol. The van der Waals surface area contributed by atoms with Crippen molar-refractivity contribution in [2.24, 2.45) is 5.10 Å². The third kappa shape index (κ3) is 5.98. The van der Waals surface area contributed by atoms with Gasteiger partial charge in [-0.15, -0.1) is 0 Å². The molecule has 0 saturated heterocycles. The lowest BCUT2D eigenvalue weighted by Crippen LogP contribution is -2.28. The van der Waals surface area contributed by atoms with E-state index >= 15 is 0 Å². The number of nitrogens with zero attached hydrogens (tertiary/aromatic N) is 2. The lowest BCUT2D eigenvalue weighted by Gasteiger charge is -2.22. The van der Waals surface area contributed by atoms with Gasteiger partial charge in [0.2, 0.25) is 11.8 Å². The molecule has 8 heteroatoms. The van der Waals surface area contributed by atoms with Gasteiger partial charge in [-0.2, -0.15) is 5.10 Å². The molecule has 2 heterocycles. The number of anilines is 1. The van der Waals surface area contributed by atoms with Crippen molar-refractivity contribution in [3.05, 3.63) is 135 Å². The summed E-state index contributed by atoms with van der Waals surface area (Å²) in [5.74, 6) is -0.560. The predicted molar refractivity (Wildman–Crippen MR) is 171 cm³/mol. The lowest BCUT2D eigenvalue weighted by atomic mass is 9.91. The Morgan fingerprint density at radius 1 is 0.907 bits per heavy atom. The molecule has 1 atom stereocenters. The third-order valence-corrected chi connectivity index (χ3v) is 7.81. The number of benzene rings is 4. The van der Waals surface area contributed by atoms with E-state index in [1.807, 2.05) is 97.9 Å². The molecule has 6 rings (SSSR count). The molecule has 0 unspecified atom stereocenters. The van der Waals surface area contributed by atoms with Crippen molar-refractivity contribution < 1.29 is 9.59 Å². The molecule has 1 aromatic heterocycles. The topological polar surface area (TPSA) is 94.6 Å². The summed E-state index contributed by atoms with van der Waals surface area (Å²) in [6.07, 6.45) is 0.299. The first-order chi connectivity index (χ1) is 20.9. The molecular formula is C35H29ClN4O3. The number of nitrogens with one attached hydrogen (secondary N) is 2. The van der Waals surface area contributed by atoms with Crippen molar-refractivity contribution in [3.63, 3.8) is 0 Å². The van der Waals surface area contributed by atoms with E-state index in [0.29, 0.717) is 39.5 Å². The molecule has 0 bridgehead atoms. The summed E-state index contributed by atoms with van der Waals surface area (Å²) in [6.45, 7) is 1.97. The van der Waals surface area contributed by atoms with Gasteiger partial charge in [-0.1, -0.05) is 90.0 Å². The number of hydrogen-bond donors (Lipinski definition) is 2. The van der Waals surface area contributed by atoms with E-state index in [1.165, 1.54) is 5.01 Å². The van der Waals surface area contributed by atoms with Crippen LogP contribution in [-0.2, 0) is 9.59 Å². The van der Waals surface area contributed by atoms with E-state index in [4.69, 9.17) is 16.7 Å². The summed E-state index contributed by atoms with van der Waals surface area (Å²) in [5.41, 5.74) is 5.45. The summed E-state index contributed by atoms with van der Waals surface area (Å²) >= 11 is 6.41. The molecule has 2 N–H and O–H groups in total. The van der Waals surface area contributed by atoms with Crippen molar-refractivity contribution in [2.75, 3.05) is 5.32 Å². The number of amides is 2. The quantitative estimate of drug-likeness (QED) is 0.210. The number of H-pyrrole nitrogens is 1. The minimum Gasteiger partial charge on any atom is -0.326 e. The largest absolute Gasteiger partial charge is 0.326 e. The van der Waals surface area contributed by atoms with Gasteiger partial charge in [0.1, 0.15) is 0 Å². The van der Waals surface area contributed by atoms with Gasteiger partial charge in [0.05, 0.1) is 17.3 Å². The molecule has 1 aliphatic heterocycles. The molecule has 43 heavy (non-hydrogen) atoms. The molecule has 214 valence electrons. The molecule has 0 spiro atoms. The average molecular weight is 589 g/mol.